The first-order valence-corrected chi connectivity index (χ1v) is 10.0. The van der Waals surface area contributed by atoms with Crippen molar-refractivity contribution in [2.45, 2.75) is 43.7 Å². The van der Waals surface area contributed by atoms with E-state index in [0.29, 0.717) is 5.92 Å². The van der Waals surface area contributed by atoms with E-state index in [9.17, 15) is 5.11 Å². The quantitative estimate of drug-likeness (QED) is 0.724. The number of aliphatic hydroxyl groups excluding tert-OH is 1. The fourth-order valence-electron chi connectivity index (χ4n) is 4.37. The Kier molecular flexibility index (Phi) is 4.93. The molecule has 3 heteroatoms. The van der Waals surface area contributed by atoms with Gasteiger partial charge < -0.3 is 5.11 Å². The number of fused-ring (bicyclic) bond motifs is 1. The standard InChI is InChI=1S/C21H24INO/c22-19-7-6-17-13-20(21(24)14-18(17)12-19)23-10-8-16(9-11-23)15-4-2-1-3-5-15/h1-7,12,16,20-21,24H,8-11,13-14H2. The Hall–Kier alpha value is -0.910. The fraction of sp³-hybridized carbons (Fsp3) is 0.429. The average molecular weight is 433 g/mol. The van der Waals surface area contributed by atoms with Crippen LogP contribution in [0.2, 0.25) is 0 Å². The largest absolute Gasteiger partial charge is 0.391 e. The molecule has 1 aliphatic carbocycles. The number of benzene rings is 2. The normalized spacial score (nSPS) is 25.4. The number of piperidine rings is 1. The van der Waals surface area contributed by atoms with Gasteiger partial charge in [-0.15, -0.1) is 0 Å². The fourth-order valence-corrected chi connectivity index (χ4v) is 4.92. The summed E-state index contributed by atoms with van der Waals surface area (Å²) in [6.07, 6.45) is 3.96. The van der Waals surface area contributed by atoms with Crippen LogP contribution in [0.5, 0.6) is 0 Å². The van der Waals surface area contributed by atoms with Crippen LogP contribution < -0.4 is 0 Å². The van der Waals surface area contributed by atoms with E-state index in [1.54, 1.807) is 0 Å². The molecule has 4 rings (SSSR count). The summed E-state index contributed by atoms with van der Waals surface area (Å²) < 4.78 is 1.26. The van der Waals surface area contributed by atoms with Crippen molar-refractivity contribution in [1.29, 1.82) is 0 Å². The van der Waals surface area contributed by atoms with Gasteiger partial charge >= 0.3 is 0 Å². The summed E-state index contributed by atoms with van der Waals surface area (Å²) in [5, 5.41) is 10.7. The molecule has 0 saturated carbocycles. The topological polar surface area (TPSA) is 23.5 Å². The molecular weight excluding hydrogens is 409 g/mol. The molecule has 0 amide bonds. The van der Waals surface area contributed by atoms with Gasteiger partial charge in [0.2, 0.25) is 0 Å². The predicted molar refractivity (Wildman–Crippen MR) is 106 cm³/mol. The van der Waals surface area contributed by atoms with Crippen molar-refractivity contribution >= 4 is 22.6 Å². The van der Waals surface area contributed by atoms with E-state index < -0.39 is 0 Å². The Morgan fingerprint density at radius 2 is 1.67 bits per heavy atom. The molecule has 0 aromatic heterocycles. The third-order valence-corrected chi connectivity index (χ3v) is 6.41. The van der Waals surface area contributed by atoms with E-state index in [1.807, 2.05) is 0 Å². The average Bonchev–Trinajstić information content (AvgIpc) is 2.62. The van der Waals surface area contributed by atoms with Gasteiger partial charge in [0.15, 0.2) is 0 Å². The zero-order valence-corrected chi connectivity index (χ0v) is 16.0. The summed E-state index contributed by atoms with van der Waals surface area (Å²) in [7, 11) is 0. The van der Waals surface area contributed by atoms with E-state index in [1.165, 1.54) is 33.1 Å². The number of hydrogen-bond acceptors (Lipinski definition) is 2. The third-order valence-electron chi connectivity index (χ3n) is 5.74. The van der Waals surface area contributed by atoms with Crippen molar-refractivity contribution in [2.75, 3.05) is 13.1 Å². The molecule has 0 bridgehead atoms. The predicted octanol–water partition coefficient (Wildman–Crippen LogP) is 4.00. The Balaban J connectivity index is 1.43. The molecule has 0 radical (unpaired) electrons. The first-order valence-electron chi connectivity index (χ1n) is 8.95. The molecule has 126 valence electrons. The zero-order valence-electron chi connectivity index (χ0n) is 13.9. The number of nitrogens with zero attached hydrogens (tertiary/aromatic N) is 1. The van der Waals surface area contributed by atoms with Crippen LogP contribution >= 0.6 is 22.6 Å². The van der Waals surface area contributed by atoms with Gasteiger partial charge in [-0.05, 0) is 89.7 Å². The van der Waals surface area contributed by atoms with Crippen LogP contribution in [0, 0.1) is 3.57 Å². The molecule has 2 nitrogen and oxygen atoms in total. The van der Waals surface area contributed by atoms with E-state index >= 15 is 0 Å². The minimum atomic E-state index is -0.232. The number of aliphatic hydroxyl groups is 1. The molecular formula is C21H24INO. The molecule has 2 aromatic rings. The molecule has 1 saturated heterocycles. The maximum absolute atomic E-state index is 10.7. The molecule has 2 aliphatic rings. The van der Waals surface area contributed by atoms with Gasteiger partial charge in [0.05, 0.1) is 6.10 Å². The third kappa shape index (κ3) is 3.39. The number of rotatable bonds is 2. The Bertz CT molecular complexity index is 694. The van der Waals surface area contributed by atoms with E-state index in [0.717, 1.165) is 25.9 Å². The van der Waals surface area contributed by atoms with Crippen LogP contribution in [0.3, 0.4) is 0 Å². The van der Waals surface area contributed by atoms with Crippen LogP contribution in [-0.2, 0) is 12.8 Å². The minimum Gasteiger partial charge on any atom is -0.391 e. The summed E-state index contributed by atoms with van der Waals surface area (Å²) in [6, 6.07) is 17.9. The van der Waals surface area contributed by atoms with Gasteiger partial charge in [-0.3, -0.25) is 4.90 Å². The van der Waals surface area contributed by atoms with Gasteiger partial charge in [-0.1, -0.05) is 36.4 Å². The number of halogens is 1. The van der Waals surface area contributed by atoms with Gasteiger partial charge in [-0.25, -0.2) is 0 Å². The van der Waals surface area contributed by atoms with Crippen molar-refractivity contribution in [1.82, 2.24) is 4.90 Å². The second kappa shape index (κ2) is 7.14. The lowest BCUT2D eigenvalue weighted by atomic mass is 9.83. The molecule has 1 aliphatic heterocycles. The van der Waals surface area contributed by atoms with Gasteiger partial charge in [-0.2, -0.15) is 0 Å². The highest BCUT2D eigenvalue weighted by Crippen LogP contribution is 2.32. The summed E-state index contributed by atoms with van der Waals surface area (Å²) in [5.74, 6) is 0.678. The molecule has 2 aromatic carbocycles. The molecule has 1 N–H and O–H groups in total. The SMILES string of the molecule is OC1Cc2cc(I)ccc2CC1N1CCC(c2ccccc2)CC1. The van der Waals surface area contributed by atoms with Crippen molar-refractivity contribution in [3.63, 3.8) is 0 Å². The smallest absolute Gasteiger partial charge is 0.0738 e. The van der Waals surface area contributed by atoms with Gasteiger partial charge in [0, 0.05) is 16.0 Å². The highest BCUT2D eigenvalue weighted by molar-refractivity contribution is 14.1. The number of likely N-dealkylation sites (tertiary alicyclic amines) is 1. The molecule has 0 spiro atoms. The second-order valence-corrected chi connectivity index (χ2v) is 8.42. The van der Waals surface area contributed by atoms with Crippen LogP contribution in [0.25, 0.3) is 0 Å². The molecule has 1 heterocycles. The molecule has 2 atom stereocenters. The lowest BCUT2D eigenvalue weighted by Crippen LogP contribution is -2.50. The first-order chi connectivity index (χ1) is 11.7. The second-order valence-electron chi connectivity index (χ2n) is 7.18. The molecule has 1 fully saturated rings. The monoisotopic (exact) mass is 433 g/mol. The number of hydrogen-bond donors (Lipinski definition) is 1. The Labute approximate surface area is 158 Å². The highest BCUT2D eigenvalue weighted by atomic mass is 127. The van der Waals surface area contributed by atoms with Crippen molar-refractivity contribution in [3.05, 3.63) is 68.8 Å². The lowest BCUT2D eigenvalue weighted by Gasteiger charge is -2.42. The van der Waals surface area contributed by atoms with E-state index in [4.69, 9.17) is 0 Å². The highest BCUT2D eigenvalue weighted by Gasteiger charge is 2.33. The van der Waals surface area contributed by atoms with E-state index in [2.05, 4.69) is 76.0 Å². The van der Waals surface area contributed by atoms with Crippen LogP contribution in [0.15, 0.2) is 48.5 Å². The zero-order chi connectivity index (χ0) is 16.5. The van der Waals surface area contributed by atoms with Crippen molar-refractivity contribution in [3.8, 4) is 0 Å². The Morgan fingerprint density at radius 3 is 2.42 bits per heavy atom. The Morgan fingerprint density at radius 1 is 0.917 bits per heavy atom. The van der Waals surface area contributed by atoms with Crippen molar-refractivity contribution in [2.24, 2.45) is 0 Å². The minimum absolute atomic E-state index is 0.232. The van der Waals surface area contributed by atoms with Crippen LogP contribution in [0.1, 0.15) is 35.4 Å². The summed E-state index contributed by atoms with van der Waals surface area (Å²) >= 11 is 2.36. The lowest BCUT2D eigenvalue weighted by molar-refractivity contribution is 0.0294. The summed E-state index contributed by atoms with van der Waals surface area (Å²) in [6.45, 7) is 2.20. The first kappa shape index (κ1) is 16.6. The maximum Gasteiger partial charge on any atom is 0.0738 e. The molecule has 24 heavy (non-hydrogen) atoms. The van der Waals surface area contributed by atoms with Crippen LogP contribution in [-0.4, -0.2) is 35.2 Å². The molecule has 2 unspecified atom stereocenters. The summed E-state index contributed by atoms with van der Waals surface area (Å²) in [5.41, 5.74) is 4.24. The maximum atomic E-state index is 10.7. The van der Waals surface area contributed by atoms with Gasteiger partial charge in [0.1, 0.15) is 0 Å². The van der Waals surface area contributed by atoms with Crippen LogP contribution in [0.4, 0.5) is 0 Å². The van der Waals surface area contributed by atoms with Gasteiger partial charge in [0.25, 0.3) is 0 Å². The summed E-state index contributed by atoms with van der Waals surface area (Å²) in [4.78, 5) is 2.53. The van der Waals surface area contributed by atoms with E-state index in [-0.39, 0.29) is 12.1 Å². The van der Waals surface area contributed by atoms with Crippen molar-refractivity contribution < 1.29 is 5.11 Å².